The minimum absolute atomic E-state index is 0.0617. The highest BCUT2D eigenvalue weighted by atomic mass is 16.5. The Kier molecular flexibility index (Phi) is 6.22. The average Bonchev–Trinajstić information content (AvgIpc) is 3.04. The molecule has 1 aromatic heterocycles. The number of hydrogen-bond acceptors (Lipinski definition) is 5. The summed E-state index contributed by atoms with van der Waals surface area (Å²) in [5, 5.41) is 0. The summed E-state index contributed by atoms with van der Waals surface area (Å²) in [5.41, 5.74) is 1.35. The molecule has 7 heteroatoms. The third-order valence-electron chi connectivity index (χ3n) is 6.00. The van der Waals surface area contributed by atoms with E-state index in [1.807, 2.05) is 11.0 Å². The second-order valence-corrected chi connectivity index (χ2v) is 8.45. The lowest BCUT2D eigenvalue weighted by molar-refractivity contribution is -0.170. The monoisotopic (exact) mass is 412 g/mol. The Balaban J connectivity index is 1.57. The number of ether oxygens (including phenoxy) is 2. The summed E-state index contributed by atoms with van der Waals surface area (Å²) in [5.74, 6) is 1.10. The highest BCUT2D eigenvalue weighted by molar-refractivity contribution is 5.86. The summed E-state index contributed by atoms with van der Waals surface area (Å²) in [6.07, 6.45) is 4.74. The molecule has 2 aromatic rings. The van der Waals surface area contributed by atoms with Gasteiger partial charge in [-0.1, -0.05) is 24.3 Å². The van der Waals surface area contributed by atoms with E-state index in [1.54, 1.807) is 7.11 Å². The first-order valence-electron chi connectivity index (χ1n) is 10.8. The standard InChI is InChI=1S/C23H32N4O3/c1-18(2)27-20-9-5-4-8-19(20)24-21(27)16-25-12-15-30-23(17-25)10-6-7-11-26(22(23)28)13-14-29-3/h4-9,18H,10-17H2,1-3H3/t23-/m1/s1. The summed E-state index contributed by atoms with van der Waals surface area (Å²) in [4.78, 5) is 22.5. The van der Waals surface area contributed by atoms with Crippen LogP contribution < -0.4 is 0 Å². The highest BCUT2D eigenvalue weighted by Crippen LogP contribution is 2.29. The number of methoxy groups -OCH3 is 1. The summed E-state index contributed by atoms with van der Waals surface area (Å²) in [6, 6.07) is 8.58. The largest absolute Gasteiger partial charge is 0.383 e. The maximum atomic E-state index is 13.4. The summed E-state index contributed by atoms with van der Waals surface area (Å²) < 4.78 is 13.7. The van der Waals surface area contributed by atoms with Crippen molar-refractivity contribution >= 4 is 16.9 Å². The molecule has 3 heterocycles. The minimum atomic E-state index is -0.826. The van der Waals surface area contributed by atoms with Gasteiger partial charge in [0.25, 0.3) is 5.91 Å². The van der Waals surface area contributed by atoms with Gasteiger partial charge in [0.2, 0.25) is 0 Å². The molecule has 4 rings (SSSR count). The van der Waals surface area contributed by atoms with Gasteiger partial charge in [0.1, 0.15) is 5.82 Å². The number of benzene rings is 1. The summed E-state index contributed by atoms with van der Waals surface area (Å²) in [6.45, 7) is 8.69. The molecule has 0 unspecified atom stereocenters. The number of aromatic nitrogens is 2. The number of rotatable bonds is 6. The molecule has 1 fully saturated rings. The Morgan fingerprint density at radius 3 is 2.90 bits per heavy atom. The fourth-order valence-electron chi connectivity index (χ4n) is 4.55. The molecule has 162 valence electrons. The van der Waals surface area contributed by atoms with Gasteiger partial charge in [0, 0.05) is 45.8 Å². The maximum Gasteiger partial charge on any atom is 0.256 e. The van der Waals surface area contributed by atoms with Crippen molar-refractivity contribution in [1.82, 2.24) is 19.4 Å². The van der Waals surface area contributed by atoms with Gasteiger partial charge in [-0.3, -0.25) is 9.69 Å². The summed E-state index contributed by atoms with van der Waals surface area (Å²) in [7, 11) is 1.66. The van der Waals surface area contributed by atoms with E-state index in [-0.39, 0.29) is 5.91 Å². The minimum Gasteiger partial charge on any atom is -0.383 e. The van der Waals surface area contributed by atoms with E-state index < -0.39 is 5.60 Å². The van der Waals surface area contributed by atoms with E-state index in [1.165, 1.54) is 0 Å². The molecule has 1 atom stereocenters. The van der Waals surface area contributed by atoms with Gasteiger partial charge in [-0.25, -0.2) is 4.98 Å². The van der Waals surface area contributed by atoms with Gasteiger partial charge in [0.15, 0.2) is 5.60 Å². The number of nitrogens with zero attached hydrogens (tertiary/aromatic N) is 4. The zero-order valence-corrected chi connectivity index (χ0v) is 18.2. The maximum absolute atomic E-state index is 13.4. The van der Waals surface area contributed by atoms with Crippen LogP contribution in [-0.4, -0.2) is 77.4 Å². The molecule has 2 aliphatic heterocycles. The van der Waals surface area contributed by atoms with Crippen LogP contribution in [0.2, 0.25) is 0 Å². The number of carbonyl (C=O) groups excluding carboxylic acids is 1. The molecule has 1 spiro atoms. The van der Waals surface area contributed by atoms with Crippen molar-refractivity contribution < 1.29 is 14.3 Å². The zero-order chi connectivity index (χ0) is 21.1. The molecule has 7 nitrogen and oxygen atoms in total. The van der Waals surface area contributed by atoms with Crippen molar-refractivity contribution in [3.8, 4) is 0 Å². The lowest BCUT2D eigenvalue weighted by Crippen LogP contribution is -2.60. The molecule has 1 saturated heterocycles. The Bertz CT molecular complexity index is 922. The lowest BCUT2D eigenvalue weighted by atomic mass is 9.95. The Morgan fingerprint density at radius 2 is 2.10 bits per heavy atom. The van der Waals surface area contributed by atoms with Gasteiger partial charge in [-0.15, -0.1) is 0 Å². The molecule has 0 saturated carbocycles. The fraction of sp³-hybridized carbons (Fsp3) is 0.565. The lowest BCUT2D eigenvalue weighted by Gasteiger charge is -2.42. The van der Waals surface area contributed by atoms with Crippen LogP contribution in [0.5, 0.6) is 0 Å². The first-order valence-corrected chi connectivity index (χ1v) is 10.8. The Hall–Kier alpha value is -2.22. The van der Waals surface area contributed by atoms with Gasteiger partial charge in [-0.05, 0) is 26.0 Å². The second kappa shape index (κ2) is 8.88. The number of hydrogen-bond donors (Lipinski definition) is 0. The van der Waals surface area contributed by atoms with Crippen LogP contribution in [0.25, 0.3) is 11.0 Å². The third kappa shape index (κ3) is 4.02. The Labute approximate surface area is 178 Å². The molecule has 0 aliphatic carbocycles. The van der Waals surface area contributed by atoms with E-state index in [9.17, 15) is 4.79 Å². The van der Waals surface area contributed by atoms with Crippen LogP contribution in [-0.2, 0) is 20.8 Å². The van der Waals surface area contributed by atoms with Crippen LogP contribution in [0.3, 0.4) is 0 Å². The van der Waals surface area contributed by atoms with Gasteiger partial charge < -0.3 is 18.9 Å². The molecule has 1 amide bonds. The first-order chi connectivity index (χ1) is 14.5. The van der Waals surface area contributed by atoms with Crippen molar-refractivity contribution in [2.45, 2.75) is 38.5 Å². The quantitative estimate of drug-likeness (QED) is 0.683. The van der Waals surface area contributed by atoms with E-state index in [0.29, 0.717) is 51.9 Å². The first kappa shape index (κ1) is 21.0. The molecule has 30 heavy (non-hydrogen) atoms. The molecule has 1 aromatic carbocycles. The van der Waals surface area contributed by atoms with Crippen LogP contribution in [0, 0.1) is 0 Å². The smallest absolute Gasteiger partial charge is 0.256 e. The highest BCUT2D eigenvalue weighted by Gasteiger charge is 2.46. The number of fused-ring (bicyclic) bond motifs is 1. The molecule has 0 bridgehead atoms. The number of imidazole rings is 1. The normalized spacial score (nSPS) is 23.1. The molecule has 2 aliphatic rings. The van der Waals surface area contributed by atoms with Gasteiger partial charge in [-0.2, -0.15) is 0 Å². The fourth-order valence-corrected chi connectivity index (χ4v) is 4.55. The molecular weight excluding hydrogens is 380 g/mol. The summed E-state index contributed by atoms with van der Waals surface area (Å²) >= 11 is 0. The number of morpholine rings is 1. The zero-order valence-electron chi connectivity index (χ0n) is 18.2. The van der Waals surface area contributed by atoms with Crippen molar-refractivity contribution in [2.75, 3.05) is 46.5 Å². The van der Waals surface area contributed by atoms with Crippen molar-refractivity contribution in [2.24, 2.45) is 0 Å². The Morgan fingerprint density at radius 1 is 1.27 bits per heavy atom. The third-order valence-corrected chi connectivity index (χ3v) is 6.00. The molecular formula is C23H32N4O3. The van der Waals surface area contributed by atoms with E-state index in [0.717, 1.165) is 23.4 Å². The topological polar surface area (TPSA) is 59.8 Å². The molecule has 0 radical (unpaired) electrons. The van der Waals surface area contributed by atoms with Gasteiger partial charge >= 0.3 is 0 Å². The van der Waals surface area contributed by atoms with Crippen molar-refractivity contribution in [3.05, 3.63) is 42.2 Å². The SMILES string of the molecule is COCCN1CC=CC[C@@]2(CN(Cc3nc4ccccc4n3C(C)C)CCO2)C1=O. The van der Waals surface area contributed by atoms with E-state index >= 15 is 0 Å². The van der Waals surface area contributed by atoms with Crippen LogP contribution >= 0.6 is 0 Å². The second-order valence-electron chi connectivity index (χ2n) is 8.45. The number of amides is 1. The molecule has 0 N–H and O–H groups in total. The van der Waals surface area contributed by atoms with Gasteiger partial charge in [0.05, 0.1) is 30.8 Å². The predicted molar refractivity (Wildman–Crippen MR) is 116 cm³/mol. The van der Waals surface area contributed by atoms with E-state index in [2.05, 4.69) is 53.7 Å². The predicted octanol–water partition coefficient (Wildman–Crippen LogP) is 2.62. The number of carbonyl (C=O) groups is 1. The van der Waals surface area contributed by atoms with Crippen molar-refractivity contribution in [3.63, 3.8) is 0 Å². The van der Waals surface area contributed by atoms with Crippen LogP contribution in [0.1, 0.15) is 32.1 Å². The van der Waals surface area contributed by atoms with Crippen LogP contribution in [0.15, 0.2) is 36.4 Å². The van der Waals surface area contributed by atoms with Crippen LogP contribution in [0.4, 0.5) is 0 Å². The van der Waals surface area contributed by atoms with Crippen molar-refractivity contribution in [1.29, 1.82) is 0 Å². The average molecular weight is 413 g/mol. The number of para-hydroxylation sites is 2. The van der Waals surface area contributed by atoms with E-state index in [4.69, 9.17) is 14.5 Å².